The van der Waals surface area contributed by atoms with Crippen LogP contribution in [0.3, 0.4) is 0 Å². The summed E-state index contributed by atoms with van der Waals surface area (Å²) in [6, 6.07) is 11.5. The van der Waals surface area contributed by atoms with E-state index in [9.17, 15) is 4.79 Å². The lowest BCUT2D eigenvalue weighted by Gasteiger charge is -2.27. The molecule has 0 spiro atoms. The van der Waals surface area contributed by atoms with E-state index in [4.69, 9.17) is 44.3 Å². The summed E-state index contributed by atoms with van der Waals surface area (Å²) in [4.78, 5) is 11.7. The van der Waals surface area contributed by atoms with Gasteiger partial charge in [0.15, 0.2) is 12.4 Å². The van der Waals surface area contributed by atoms with Crippen LogP contribution in [-0.4, -0.2) is 31.0 Å². The minimum Gasteiger partial charge on any atom is -0.490 e. The highest BCUT2D eigenvalue weighted by Crippen LogP contribution is 2.40. The highest BCUT2D eigenvalue weighted by molar-refractivity contribution is 6.37. The number of nitrogens with one attached hydrogen (secondary N) is 1. The molecular weight excluding hydrogens is 445 g/mol. The smallest absolute Gasteiger partial charge is 0.258 e. The molecule has 2 aromatic rings. The zero-order valence-corrected chi connectivity index (χ0v) is 20.0. The van der Waals surface area contributed by atoms with Gasteiger partial charge in [0.25, 0.3) is 5.91 Å². The first kappa shape index (κ1) is 24.6. The van der Waals surface area contributed by atoms with E-state index in [2.05, 4.69) is 19.2 Å². The molecule has 30 heavy (non-hydrogen) atoms. The number of hydrogen-bond acceptors (Lipinski definition) is 3. The molecule has 0 unspecified atom stereocenters. The normalized spacial score (nSPS) is 11.5. The molecule has 1 N–H and O–H groups in total. The van der Waals surface area contributed by atoms with Gasteiger partial charge in [0.2, 0.25) is 0 Å². The van der Waals surface area contributed by atoms with Crippen molar-refractivity contribution < 1.29 is 14.3 Å². The number of halogens is 3. The molecule has 164 valence electrons. The number of carbonyl (C=O) groups excluding carboxylic acids is 1. The number of benzene rings is 2. The van der Waals surface area contributed by atoms with Crippen molar-refractivity contribution in [3.05, 3.63) is 57.6 Å². The van der Waals surface area contributed by atoms with Gasteiger partial charge in [-0.3, -0.25) is 4.79 Å². The molecule has 0 aliphatic rings. The second kappa shape index (κ2) is 11.1. The Morgan fingerprint density at radius 1 is 1.03 bits per heavy atom. The van der Waals surface area contributed by atoms with Crippen LogP contribution in [-0.2, 0) is 10.2 Å². The largest absolute Gasteiger partial charge is 0.490 e. The third kappa shape index (κ3) is 6.69. The Balaban J connectivity index is 2.13. The molecule has 0 aromatic heterocycles. The summed E-state index contributed by atoms with van der Waals surface area (Å²) in [6.07, 6.45) is 0.717. The van der Waals surface area contributed by atoms with Crippen LogP contribution in [0.25, 0.3) is 0 Å². The molecule has 0 saturated carbocycles. The number of alkyl halides is 1. The minimum absolute atomic E-state index is 0.0166. The average Bonchev–Trinajstić information content (AvgIpc) is 2.68. The maximum absolute atomic E-state index is 11.7. The Morgan fingerprint density at radius 3 is 2.17 bits per heavy atom. The lowest BCUT2D eigenvalue weighted by atomic mass is 9.78. The molecule has 0 atom stereocenters. The van der Waals surface area contributed by atoms with E-state index >= 15 is 0 Å². The molecule has 0 heterocycles. The van der Waals surface area contributed by atoms with Gasteiger partial charge in [-0.25, -0.2) is 0 Å². The van der Waals surface area contributed by atoms with Crippen LogP contribution in [0.5, 0.6) is 11.5 Å². The standard InChI is InChI=1S/C23H28Cl3NO3/c1-15(2)27-21(28)14-30-18-8-6-16(7-9-18)23(3,4)17-12-19(25)22(20(26)13-17)29-11-5-10-24/h6-9,12-13,15H,5,10-11,14H2,1-4H3,(H,27,28). The molecule has 1 amide bonds. The first-order chi connectivity index (χ1) is 14.1. The fourth-order valence-electron chi connectivity index (χ4n) is 2.93. The van der Waals surface area contributed by atoms with Gasteiger partial charge in [0.05, 0.1) is 16.7 Å². The SMILES string of the molecule is CC(C)NC(=O)COc1ccc(C(C)(C)c2cc(Cl)c(OCCCCl)c(Cl)c2)cc1. The Hall–Kier alpha value is -1.62. The molecular formula is C23H28Cl3NO3. The average molecular weight is 473 g/mol. The van der Waals surface area contributed by atoms with Gasteiger partial charge in [-0.15, -0.1) is 11.6 Å². The zero-order chi connectivity index (χ0) is 22.3. The molecule has 0 radical (unpaired) electrons. The number of amides is 1. The van der Waals surface area contributed by atoms with Crippen LogP contribution >= 0.6 is 34.8 Å². The summed E-state index contributed by atoms with van der Waals surface area (Å²) in [7, 11) is 0. The van der Waals surface area contributed by atoms with Gasteiger partial charge in [0, 0.05) is 17.3 Å². The Morgan fingerprint density at radius 2 is 1.63 bits per heavy atom. The van der Waals surface area contributed by atoms with Crippen molar-refractivity contribution in [1.29, 1.82) is 0 Å². The molecule has 0 fully saturated rings. The Labute approximate surface area is 193 Å². The van der Waals surface area contributed by atoms with Gasteiger partial charge >= 0.3 is 0 Å². The van der Waals surface area contributed by atoms with Gasteiger partial charge in [-0.1, -0.05) is 49.2 Å². The van der Waals surface area contributed by atoms with Crippen LogP contribution in [0, 0.1) is 0 Å². The minimum atomic E-state index is -0.352. The molecule has 0 aliphatic carbocycles. The molecule has 0 aliphatic heterocycles. The van der Waals surface area contributed by atoms with Gasteiger partial charge < -0.3 is 14.8 Å². The maximum atomic E-state index is 11.7. The van der Waals surface area contributed by atoms with E-state index in [1.54, 1.807) is 0 Å². The van der Waals surface area contributed by atoms with Crippen molar-refractivity contribution in [3.8, 4) is 11.5 Å². The number of carbonyl (C=O) groups is 1. The molecule has 2 rings (SSSR count). The van der Waals surface area contributed by atoms with Gasteiger partial charge in [0.1, 0.15) is 5.75 Å². The Kier molecular flexibility index (Phi) is 9.14. The van der Waals surface area contributed by atoms with Crippen LogP contribution in [0.15, 0.2) is 36.4 Å². The van der Waals surface area contributed by atoms with E-state index in [-0.39, 0.29) is 24.0 Å². The van der Waals surface area contributed by atoms with E-state index in [0.29, 0.717) is 34.0 Å². The predicted octanol–water partition coefficient (Wildman–Crippen LogP) is 6.23. The molecule has 0 saturated heterocycles. The molecule has 2 aromatic carbocycles. The topological polar surface area (TPSA) is 47.6 Å². The lowest BCUT2D eigenvalue weighted by molar-refractivity contribution is -0.123. The summed E-state index contributed by atoms with van der Waals surface area (Å²) in [6.45, 7) is 8.45. The molecule has 0 bridgehead atoms. The predicted molar refractivity (Wildman–Crippen MR) is 125 cm³/mol. The fourth-order valence-corrected chi connectivity index (χ4v) is 3.64. The third-order valence-electron chi connectivity index (χ3n) is 4.64. The lowest BCUT2D eigenvalue weighted by Crippen LogP contribution is -2.34. The second-order valence-electron chi connectivity index (χ2n) is 7.82. The first-order valence-corrected chi connectivity index (χ1v) is 11.1. The fraction of sp³-hybridized carbons (Fsp3) is 0.435. The first-order valence-electron chi connectivity index (χ1n) is 9.86. The summed E-state index contributed by atoms with van der Waals surface area (Å²) >= 11 is 18.6. The van der Waals surface area contributed by atoms with E-state index in [0.717, 1.165) is 17.5 Å². The van der Waals surface area contributed by atoms with Crippen molar-refractivity contribution in [2.75, 3.05) is 19.1 Å². The van der Waals surface area contributed by atoms with Crippen molar-refractivity contribution in [1.82, 2.24) is 5.32 Å². The van der Waals surface area contributed by atoms with Crippen LogP contribution in [0.2, 0.25) is 10.0 Å². The number of rotatable bonds is 10. The van der Waals surface area contributed by atoms with Crippen LogP contribution in [0.1, 0.15) is 45.2 Å². The quantitative estimate of drug-likeness (QED) is 0.329. The number of ether oxygens (including phenoxy) is 2. The van der Waals surface area contributed by atoms with Gasteiger partial charge in [-0.2, -0.15) is 0 Å². The third-order valence-corrected chi connectivity index (χ3v) is 5.47. The van der Waals surface area contributed by atoms with Crippen molar-refractivity contribution in [3.63, 3.8) is 0 Å². The summed E-state index contributed by atoms with van der Waals surface area (Å²) in [5.74, 6) is 1.48. The van der Waals surface area contributed by atoms with Crippen LogP contribution in [0.4, 0.5) is 0 Å². The summed E-state index contributed by atoms with van der Waals surface area (Å²) < 4.78 is 11.2. The van der Waals surface area contributed by atoms with Crippen molar-refractivity contribution in [2.24, 2.45) is 0 Å². The maximum Gasteiger partial charge on any atom is 0.258 e. The monoisotopic (exact) mass is 471 g/mol. The molecule has 4 nitrogen and oxygen atoms in total. The van der Waals surface area contributed by atoms with Crippen molar-refractivity contribution >= 4 is 40.7 Å². The van der Waals surface area contributed by atoms with E-state index in [1.807, 2.05) is 50.2 Å². The second-order valence-corrected chi connectivity index (χ2v) is 9.01. The summed E-state index contributed by atoms with van der Waals surface area (Å²) in [5, 5.41) is 3.73. The zero-order valence-electron chi connectivity index (χ0n) is 17.7. The highest BCUT2D eigenvalue weighted by atomic mass is 35.5. The molecule has 7 heteroatoms. The van der Waals surface area contributed by atoms with E-state index < -0.39 is 0 Å². The van der Waals surface area contributed by atoms with E-state index in [1.165, 1.54) is 0 Å². The van der Waals surface area contributed by atoms with Crippen LogP contribution < -0.4 is 14.8 Å². The highest BCUT2D eigenvalue weighted by Gasteiger charge is 2.25. The number of hydrogen-bond donors (Lipinski definition) is 1. The van der Waals surface area contributed by atoms with Crippen molar-refractivity contribution in [2.45, 2.75) is 45.6 Å². The Bertz CT molecular complexity index is 828. The van der Waals surface area contributed by atoms with Gasteiger partial charge in [-0.05, 0) is 55.7 Å². The summed E-state index contributed by atoms with van der Waals surface area (Å²) in [5.41, 5.74) is 1.67.